The first kappa shape index (κ1) is 23.2. The number of aliphatic carboxylic acids is 1. The molecule has 0 aliphatic carbocycles. The van der Waals surface area contributed by atoms with Gasteiger partial charge in [-0.25, -0.2) is 14.4 Å². The van der Waals surface area contributed by atoms with E-state index in [1.54, 1.807) is 13.0 Å². The summed E-state index contributed by atoms with van der Waals surface area (Å²) in [7, 11) is 0. The molecule has 0 radical (unpaired) electrons. The summed E-state index contributed by atoms with van der Waals surface area (Å²) in [6, 6.07) is 6.43. The van der Waals surface area contributed by atoms with E-state index in [4.69, 9.17) is 9.52 Å². The van der Waals surface area contributed by atoms with Crippen molar-refractivity contribution in [2.45, 2.75) is 37.1 Å². The highest BCUT2D eigenvalue weighted by atomic mass is 32.2. The average molecular weight is 497 g/mol. The van der Waals surface area contributed by atoms with Crippen molar-refractivity contribution in [1.29, 1.82) is 0 Å². The third kappa shape index (κ3) is 4.88. The monoisotopic (exact) mass is 496 g/mol. The first-order chi connectivity index (χ1) is 15.5. The number of alkyl halides is 3. The number of aryl methyl sites for hydroxylation is 2. The van der Waals surface area contributed by atoms with Crippen LogP contribution in [0.15, 0.2) is 39.6 Å². The molecule has 2 heterocycles. The number of carboxylic acids is 1. The van der Waals surface area contributed by atoms with Crippen molar-refractivity contribution in [3.63, 3.8) is 0 Å². The second-order valence-electron chi connectivity index (χ2n) is 7.22. The van der Waals surface area contributed by atoms with Gasteiger partial charge < -0.3 is 9.52 Å². The molecular weight excluding hydrogens is 480 g/mol. The lowest BCUT2D eigenvalue weighted by Gasteiger charge is -2.08. The number of halogens is 4. The van der Waals surface area contributed by atoms with E-state index in [9.17, 15) is 22.4 Å². The standard InChI is InChI=1S/C22H16F4N2O3S2/c1-10-16(6-5-15-20(10)31-18(28-15)8-19(29)30)32-9-17-11(2)27-21(33-17)12-3-4-13(14(23)7-12)22(24,25)26/h3-7H,8-9H2,1-2H3,(H,29,30). The van der Waals surface area contributed by atoms with Crippen LogP contribution in [0.5, 0.6) is 0 Å². The van der Waals surface area contributed by atoms with Gasteiger partial charge in [0.15, 0.2) is 5.58 Å². The molecule has 2 aromatic carbocycles. The molecule has 1 N–H and O–H groups in total. The van der Waals surface area contributed by atoms with Crippen molar-refractivity contribution >= 4 is 40.2 Å². The summed E-state index contributed by atoms with van der Waals surface area (Å²) >= 11 is 2.81. The Labute approximate surface area is 193 Å². The molecule has 0 aliphatic heterocycles. The molecule has 0 unspecified atom stereocenters. The molecule has 4 rings (SSSR count). The fraction of sp³-hybridized carbons (Fsp3) is 0.227. The molecule has 2 aromatic heterocycles. The van der Waals surface area contributed by atoms with E-state index in [0.29, 0.717) is 27.6 Å². The van der Waals surface area contributed by atoms with Gasteiger partial charge in [0.05, 0.1) is 11.3 Å². The highest BCUT2D eigenvalue weighted by molar-refractivity contribution is 7.98. The highest BCUT2D eigenvalue weighted by Gasteiger charge is 2.34. The Hall–Kier alpha value is -2.92. The SMILES string of the molecule is Cc1nc(-c2ccc(C(F)(F)F)c(F)c2)sc1CSc1ccc2nc(CC(=O)O)oc2c1C. The molecule has 0 aliphatic rings. The largest absolute Gasteiger partial charge is 0.481 e. The number of fused-ring (bicyclic) bond motifs is 1. The third-order valence-electron chi connectivity index (χ3n) is 4.88. The van der Waals surface area contributed by atoms with Crippen LogP contribution in [0.3, 0.4) is 0 Å². The van der Waals surface area contributed by atoms with Gasteiger partial charge in [-0.05, 0) is 38.1 Å². The highest BCUT2D eigenvalue weighted by Crippen LogP contribution is 2.37. The average Bonchev–Trinajstić information content (AvgIpc) is 3.29. The van der Waals surface area contributed by atoms with Crippen LogP contribution in [0, 0.1) is 19.7 Å². The van der Waals surface area contributed by atoms with Crippen LogP contribution < -0.4 is 0 Å². The van der Waals surface area contributed by atoms with E-state index in [1.807, 2.05) is 13.0 Å². The fourth-order valence-electron chi connectivity index (χ4n) is 3.22. The molecule has 0 saturated heterocycles. The lowest BCUT2D eigenvalue weighted by atomic mass is 10.1. The Balaban J connectivity index is 1.54. The quantitative estimate of drug-likeness (QED) is 0.238. The molecule has 0 fully saturated rings. The fourth-order valence-corrected chi connectivity index (χ4v) is 5.45. The minimum absolute atomic E-state index is 0.134. The Morgan fingerprint density at radius 2 is 1.94 bits per heavy atom. The van der Waals surface area contributed by atoms with Crippen molar-refractivity contribution in [2.75, 3.05) is 0 Å². The van der Waals surface area contributed by atoms with Crippen LogP contribution in [0.2, 0.25) is 0 Å². The van der Waals surface area contributed by atoms with Crippen LogP contribution in [0.4, 0.5) is 17.6 Å². The van der Waals surface area contributed by atoms with Gasteiger partial charge in [-0.1, -0.05) is 6.07 Å². The summed E-state index contributed by atoms with van der Waals surface area (Å²) in [5.74, 6) is -1.69. The van der Waals surface area contributed by atoms with E-state index >= 15 is 0 Å². The number of hydrogen-bond donors (Lipinski definition) is 1. The van der Waals surface area contributed by atoms with E-state index in [-0.39, 0.29) is 17.9 Å². The molecule has 172 valence electrons. The number of aromatic nitrogens is 2. The van der Waals surface area contributed by atoms with Crippen molar-refractivity contribution < 1.29 is 31.9 Å². The molecular formula is C22H16F4N2O3S2. The Bertz CT molecular complexity index is 1360. The smallest absolute Gasteiger partial charge is 0.419 e. The zero-order valence-corrected chi connectivity index (χ0v) is 18.9. The van der Waals surface area contributed by atoms with Gasteiger partial charge in [-0.2, -0.15) is 13.2 Å². The minimum Gasteiger partial charge on any atom is -0.481 e. The van der Waals surface area contributed by atoms with Gasteiger partial charge in [-0.15, -0.1) is 23.1 Å². The molecule has 0 amide bonds. The van der Waals surface area contributed by atoms with Crippen molar-refractivity contribution in [2.24, 2.45) is 0 Å². The molecule has 0 bridgehead atoms. The lowest BCUT2D eigenvalue weighted by Crippen LogP contribution is -2.07. The van der Waals surface area contributed by atoms with Crippen LogP contribution in [-0.2, 0) is 23.1 Å². The number of hydrogen-bond acceptors (Lipinski definition) is 6. The number of nitrogens with zero attached hydrogens (tertiary/aromatic N) is 2. The van der Waals surface area contributed by atoms with E-state index < -0.39 is 23.5 Å². The summed E-state index contributed by atoms with van der Waals surface area (Å²) in [5, 5.41) is 9.36. The summed E-state index contributed by atoms with van der Waals surface area (Å²) in [6.07, 6.45) is -5.05. The normalized spacial score (nSPS) is 11.9. The second kappa shape index (κ2) is 8.79. The molecule has 4 aromatic rings. The molecule has 0 spiro atoms. The zero-order chi connectivity index (χ0) is 23.9. The summed E-state index contributed by atoms with van der Waals surface area (Å²) in [5.41, 5.74) is 1.63. The summed E-state index contributed by atoms with van der Waals surface area (Å²) in [4.78, 5) is 21.3. The van der Waals surface area contributed by atoms with Gasteiger partial charge in [0.25, 0.3) is 0 Å². The number of thioether (sulfide) groups is 1. The predicted molar refractivity (Wildman–Crippen MR) is 117 cm³/mol. The molecule has 11 heteroatoms. The van der Waals surface area contributed by atoms with E-state index in [1.165, 1.54) is 29.2 Å². The summed E-state index contributed by atoms with van der Waals surface area (Å²) < 4.78 is 58.0. The van der Waals surface area contributed by atoms with Gasteiger partial charge in [0, 0.05) is 26.7 Å². The maximum absolute atomic E-state index is 14.0. The summed E-state index contributed by atoms with van der Waals surface area (Å²) in [6.45, 7) is 3.65. The van der Waals surface area contributed by atoms with Gasteiger partial charge in [0.1, 0.15) is 22.8 Å². The third-order valence-corrected chi connectivity index (χ3v) is 7.45. The van der Waals surface area contributed by atoms with Gasteiger partial charge in [0.2, 0.25) is 5.89 Å². The van der Waals surface area contributed by atoms with Crippen molar-refractivity contribution in [3.8, 4) is 10.6 Å². The van der Waals surface area contributed by atoms with E-state index in [0.717, 1.165) is 27.5 Å². The lowest BCUT2D eigenvalue weighted by molar-refractivity contribution is -0.140. The Morgan fingerprint density at radius 3 is 2.61 bits per heavy atom. The number of carboxylic acid groups (broad SMARTS) is 1. The minimum atomic E-state index is -4.75. The molecule has 0 saturated carbocycles. The molecule has 5 nitrogen and oxygen atoms in total. The van der Waals surface area contributed by atoms with Crippen LogP contribution in [0.25, 0.3) is 21.7 Å². The van der Waals surface area contributed by atoms with Crippen LogP contribution in [-0.4, -0.2) is 21.0 Å². The Morgan fingerprint density at radius 1 is 1.18 bits per heavy atom. The maximum atomic E-state index is 14.0. The van der Waals surface area contributed by atoms with Crippen molar-refractivity contribution in [3.05, 3.63) is 63.7 Å². The molecule has 33 heavy (non-hydrogen) atoms. The number of benzene rings is 2. The maximum Gasteiger partial charge on any atom is 0.419 e. The first-order valence-electron chi connectivity index (χ1n) is 9.60. The number of oxazole rings is 1. The predicted octanol–water partition coefficient (Wildman–Crippen LogP) is 6.65. The van der Waals surface area contributed by atoms with E-state index in [2.05, 4.69) is 9.97 Å². The zero-order valence-electron chi connectivity index (χ0n) is 17.3. The topological polar surface area (TPSA) is 76.2 Å². The number of thiazole rings is 1. The van der Waals surface area contributed by atoms with Crippen LogP contribution >= 0.6 is 23.1 Å². The number of rotatable bonds is 6. The van der Waals surface area contributed by atoms with Crippen LogP contribution in [0.1, 0.15) is 27.6 Å². The Kier molecular flexibility index (Phi) is 6.19. The van der Waals surface area contributed by atoms with Crippen molar-refractivity contribution in [1.82, 2.24) is 9.97 Å². The van der Waals surface area contributed by atoms with Gasteiger partial charge in [-0.3, -0.25) is 4.79 Å². The molecule has 0 atom stereocenters. The first-order valence-corrected chi connectivity index (χ1v) is 11.4. The van der Waals surface area contributed by atoms with Gasteiger partial charge >= 0.3 is 12.1 Å². The number of carbonyl (C=O) groups is 1. The second-order valence-corrected chi connectivity index (χ2v) is 9.32.